The maximum absolute atomic E-state index is 3.50. The Bertz CT molecular complexity index is 316. The van der Waals surface area contributed by atoms with E-state index in [1.807, 2.05) is 0 Å². The molecule has 0 aliphatic heterocycles. The maximum atomic E-state index is 3.50. The molecule has 0 bridgehead atoms. The highest BCUT2D eigenvalue weighted by Crippen LogP contribution is 2.16. The zero-order valence-corrected chi connectivity index (χ0v) is 11.4. The number of hydrogen-bond donors (Lipinski definition) is 1. The first kappa shape index (κ1) is 13.2. The lowest BCUT2D eigenvalue weighted by molar-refractivity contribution is 0.553. The van der Waals surface area contributed by atoms with Crippen LogP contribution < -0.4 is 5.32 Å². The highest BCUT2D eigenvalue weighted by Gasteiger charge is 2.03. The van der Waals surface area contributed by atoms with Gasteiger partial charge in [-0.05, 0) is 62.9 Å². The molecule has 0 saturated carbocycles. The summed E-state index contributed by atoms with van der Waals surface area (Å²) < 4.78 is 0. The van der Waals surface area contributed by atoms with Crippen LogP contribution >= 0.6 is 0 Å². The van der Waals surface area contributed by atoms with Crippen LogP contribution in [0.4, 0.5) is 0 Å². The monoisotopic (exact) mass is 219 g/mol. The van der Waals surface area contributed by atoms with E-state index in [1.54, 1.807) is 0 Å². The van der Waals surface area contributed by atoms with Crippen LogP contribution in [0.2, 0.25) is 0 Å². The summed E-state index contributed by atoms with van der Waals surface area (Å²) >= 11 is 0. The molecule has 1 aromatic rings. The standard InChI is InChI=1S/C15H25N/c1-11(2)10-16-7-6-15-13(4)8-12(3)9-14(15)5/h8-9,11,16H,6-7,10H2,1-5H3. The Morgan fingerprint density at radius 2 is 1.62 bits per heavy atom. The van der Waals surface area contributed by atoms with Crippen LogP contribution in [0.25, 0.3) is 0 Å². The Hall–Kier alpha value is -0.820. The van der Waals surface area contributed by atoms with Crippen LogP contribution in [-0.4, -0.2) is 13.1 Å². The summed E-state index contributed by atoms with van der Waals surface area (Å²) in [4.78, 5) is 0. The molecular formula is C15H25N. The molecule has 1 rings (SSSR count). The molecule has 0 aromatic heterocycles. The second-order valence-electron chi connectivity index (χ2n) is 5.23. The van der Waals surface area contributed by atoms with Crippen molar-refractivity contribution in [3.8, 4) is 0 Å². The Balaban J connectivity index is 2.54. The quantitative estimate of drug-likeness (QED) is 0.748. The van der Waals surface area contributed by atoms with E-state index in [2.05, 4.69) is 52.1 Å². The maximum Gasteiger partial charge on any atom is -0.000804 e. The molecule has 0 unspecified atom stereocenters. The minimum Gasteiger partial charge on any atom is -0.316 e. The summed E-state index contributed by atoms with van der Waals surface area (Å²) in [7, 11) is 0. The summed E-state index contributed by atoms with van der Waals surface area (Å²) in [5.74, 6) is 0.736. The molecule has 0 heterocycles. The van der Waals surface area contributed by atoms with Crippen molar-refractivity contribution >= 4 is 0 Å². The lowest BCUT2D eigenvalue weighted by Gasteiger charge is -2.12. The fourth-order valence-electron chi connectivity index (χ4n) is 2.21. The van der Waals surface area contributed by atoms with Crippen molar-refractivity contribution < 1.29 is 0 Å². The van der Waals surface area contributed by atoms with Gasteiger partial charge in [-0.15, -0.1) is 0 Å². The molecule has 1 nitrogen and oxygen atoms in total. The second-order valence-corrected chi connectivity index (χ2v) is 5.23. The van der Waals surface area contributed by atoms with E-state index in [4.69, 9.17) is 0 Å². The van der Waals surface area contributed by atoms with E-state index in [-0.39, 0.29) is 0 Å². The number of rotatable bonds is 5. The molecule has 90 valence electrons. The second kappa shape index (κ2) is 6.05. The van der Waals surface area contributed by atoms with Gasteiger partial charge >= 0.3 is 0 Å². The lowest BCUT2D eigenvalue weighted by atomic mass is 9.97. The van der Waals surface area contributed by atoms with Crippen LogP contribution in [0.15, 0.2) is 12.1 Å². The highest BCUT2D eigenvalue weighted by molar-refractivity contribution is 5.37. The first-order valence-corrected chi connectivity index (χ1v) is 6.28. The van der Waals surface area contributed by atoms with E-state index in [1.165, 1.54) is 22.3 Å². The minimum atomic E-state index is 0.736. The van der Waals surface area contributed by atoms with Crippen molar-refractivity contribution in [2.24, 2.45) is 5.92 Å². The Morgan fingerprint density at radius 3 is 2.12 bits per heavy atom. The van der Waals surface area contributed by atoms with Gasteiger partial charge in [0.1, 0.15) is 0 Å². The number of aryl methyl sites for hydroxylation is 3. The molecule has 0 fully saturated rings. The zero-order chi connectivity index (χ0) is 12.1. The van der Waals surface area contributed by atoms with Crippen molar-refractivity contribution in [1.29, 1.82) is 0 Å². The normalized spacial score (nSPS) is 11.1. The van der Waals surface area contributed by atoms with Gasteiger partial charge in [-0.1, -0.05) is 31.5 Å². The predicted molar refractivity (Wildman–Crippen MR) is 72.1 cm³/mol. The average molecular weight is 219 g/mol. The Morgan fingerprint density at radius 1 is 1.06 bits per heavy atom. The first-order chi connectivity index (χ1) is 7.50. The van der Waals surface area contributed by atoms with Gasteiger partial charge in [-0.2, -0.15) is 0 Å². The SMILES string of the molecule is Cc1cc(C)c(CCNCC(C)C)c(C)c1. The molecule has 0 aliphatic rings. The lowest BCUT2D eigenvalue weighted by Crippen LogP contribution is -2.22. The summed E-state index contributed by atoms with van der Waals surface area (Å²) in [6.45, 7) is 13.3. The Kier molecular flexibility index (Phi) is 5.01. The van der Waals surface area contributed by atoms with Crippen LogP contribution in [0, 0.1) is 26.7 Å². The van der Waals surface area contributed by atoms with Crippen molar-refractivity contribution in [1.82, 2.24) is 5.32 Å². The van der Waals surface area contributed by atoms with Crippen LogP contribution in [0.1, 0.15) is 36.1 Å². The zero-order valence-electron chi connectivity index (χ0n) is 11.4. The molecule has 1 aromatic carbocycles. The van der Waals surface area contributed by atoms with Gasteiger partial charge in [-0.25, -0.2) is 0 Å². The number of hydrogen-bond acceptors (Lipinski definition) is 1. The van der Waals surface area contributed by atoms with Crippen LogP contribution in [0.3, 0.4) is 0 Å². The molecule has 0 amide bonds. The first-order valence-electron chi connectivity index (χ1n) is 6.28. The van der Waals surface area contributed by atoms with Gasteiger partial charge in [0, 0.05) is 0 Å². The highest BCUT2D eigenvalue weighted by atomic mass is 14.8. The number of benzene rings is 1. The fourth-order valence-corrected chi connectivity index (χ4v) is 2.21. The van der Waals surface area contributed by atoms with E-state index in [9.17, 15) is 0 Å². The van der Waals surface area contributed by atoms with Crippen LogP contribution in [-0.2, 0) is 6.42 Å². The van der Waals surface area contributed by atoms with E-state index in [0.717, 1.165) is 25.4 Å². The third kappa shape index (κ3) is 3.97. The minimum absolute atomic E-state index is 0.736. The molecule has 0 spiro atoms. The summed E-state index contributed by atoms with van der Waals surface area (Å²) in [6, 6.07) is 4.57. The van der Waals surface area contributed by atoms with Crippen molar-refractivity contribution in [2.75, 3.05) is 13.1 Å². The molecule has 16 heavy (non-hydrogen) atoms. The van der Waals surface area contributed by atoms with E-state index >= 15 is 0 Å². The molecule has 0 aliphatic carbocycles. The van der Waals surface area contributed by atoms with Gasteiger partial charge in [-0.3, -0.25) is 0 Å². The van der Waals surface area contributed by atoms with Crippen molar-refractivity contribution in [3.63, 3.8) is 0 Å². The molecular weight excluding hydrogens is 194 g/mol. The third-order valence-corrected chi connectivity index (χ3v) is 2.94. The van der Waals surface area contributed by atoms with Crippen LogP contribution in [0.5, 0.6) is 0 Å². The van der Waals surface area contributed by atoms with E-state index < -0.39 is 0 Å². The fraction of sp³-hybridized carbons (Fsp3) is 0.600. The van der Waals surface area contributed by atoms with Crippen molar-refractivity contribution in [2.45, 2.75) is 41.0 Å². The summed E-state index contributed by atoms with van der Waals surface area (Å²) in [5.41, 5.74) is 5.75. The molecule has 1 N–H and O–H groups in total. The van der Waals surface area contributed by atoms with Gasteiger partial charge in [0.05, 0.1) is 0 Å². The topological polar surface area (TPSA) is 12.0 Å². The molecule has 0 radical (unpaired) electrons. The Labute approximate surface area is 100 Å². The van der Waals surface area contributed by atoms with Gasteiger partial charge in [0.2, 0.25) is 0 Å². The summed E-state index contributed by atoms with van der Waals surface area (Å²) in [6.07, 6.45) is 1.14. The van der Waals surface area contributed by atoms with Gasteiger partial charge in [0.25, 0.3) is 0 Å². The summed E-state index contributed by atoms with van der Waals surface area (Å²) in [5, 5.41) is 3.50. The average Bonchev–Trinajstić information content (AvgIpc) is 2.14. The van der Waals surface area contributed by atoms with E-state index in [0.29, 0.717) is 0 Å². The smallest absolute Gasteiger partial charge is 0.000804 e. The van der Waals surface area contributed by atoms with Gasteiger partial charge in [0.15, 0.2) is 0 Å². The largest absolute Gasteiger partial charge is 0.316 e. The predicted octanol–water partition coefficient (Wildman–Crippen LogP) is 3.40. The molecule has 0 saturated heterocycles. The number of nitrogens with one attached hydrogen (secondary N) is 1. The molecule has 0 atom stereocenters. The molecule has 1 heteroatoms. The van der Waals surface area contributed by atoms with Crippen molar-refractivity contribution in [3.05, 3.63) is 34.4 Å². The van der Waals surface area contributed by atoms with Gasteiger partial charge < -0.3 is 5.32 Å². The third-order valence-electron chi connectivity index (χ3n) is 2.94.